The Labute approximate surface area is 122 Å². The van der Waals surface area contributed by atoms with Crippen LogP contribution in [-0.2, 0) is 0 Å². The van der Waals surface area contributed by atoms with Crippen LogP contribution in [0.4, 0.5) is 4.39 Å². The summed E-state index contributed by atoms with van der Waals surface area (Å²) < 4.78 is 19.8. The van der Waals surface area contributed by atoms with Gasteiger partial charge in [0.2, 0.25) is 0 Å². The third-order valence-electron chi connectivity index (χ3n) is 2.82. The molecule has 0 amide bonds. The monoisotopic (exact) mass is 307 g/mol. The van der Waals surface area contributed by atoms with Gasteiger partial charge in [-0.25, -0.2) is 13.8 Å². The van der Waals surface area contributed by atoms with Gasteiger partial charge in [0.05, 0.1) is 11.1 Å². The first-order chi connectivity index (χ1) is 9.56. The van der Waals surface area contributed by atoms with Crippen LogP contribution in [0.3, 0.4) is 0 Å². The van der Waals surface area contributed by atoms with Gasteiger partial charge in [-0.15, -0.1) is 0 Å². The molecule has 2 aromatic carbocycles. The minimum absolute atomic E-state index is 0.179. The number of nitrogens with zero attached hydrogens (tertiary/aromatic N) is 1. The maximum Gasteiger partial charge on any atom is 0.425 e. The molecule has 0 fully saturated rings. The summed E-state index contributed by atoms with van der Waals surface area (Å²) in [6, 6.07) is 10.4. The van der Waals surface area contributed by atoms with E-state index in [2.05, 4.69) is 0 Å². The SMILES string of the molecule is O=c1oc2ccc(F)cc2c(=S)n1-c1cccc(Cl)c1. The van der Waals surface area contributed by atoms with Gasteiger partial charge >= 0.3 is 5.76 Å². The largest absolute Gasteiger partial charge is 0.425 e. The first kappa shape index (κ1) is 13.0. The second kappa shape index (κ2) is 4.85. The summed E-state index contributed by atoms with van der Waals surface area (Å²) in [4.78, 5) is 12.0. The van der Waals surface area contributed by atoms with Gasteiger partial charge in [0, 0.05) is 5.02 Å². The molecule has 1 aromatic heterocycles. The molecule has 0 unspecified atom stereocenters. The Hall–Kier alpha value is -1.98. The van der Waals surface area contributed by atoms with Crippen molar-refractivity contribution in [1.29, 1.82) is 0 Å². The van der Waals surface area contributed by atoms with Gasteiger partial charge in [0.15, 0.2) is 0 Å². The van der Waals surface area contributed by atoms with Crippen LogP contribution in [0.5, 0.6) is 0 Å². The number of fused-ring (bicyclic) bond motifs is 1. The standard InChI is InChI=1S/C14H7ClFNO2S/c15-8-2-1-3-10(6-8)17-13(20)11-7-9(16)4-5-12(11)19-14(17)18/h1-7H. The van der Waals surface area contributed by atoms with E-state index in [4.69, 9.17) is 28.2 Å². The van der Waals surface area contributed by atoms with Crippen molar-refractivity contribution in [1.82, 2.24) is 4.57 Å². The normalized spacial score (nSPS) is 10.9. The van der Waals surface area contributed by atoms with Crippen LogP contribution in [0, 0.1) is 10.5 Å². The van der Waals surface area contributed by atoms with Crippen molar-refractivity contribution in [2.75, 3.05) is 0 Å². The predicted octanol–water partition coefficient (Wildman–Crippen LogP) is 4.11. The van der Waals surface area contributed by atoms with Gasteiger partial charge in [0.25, 0.3) is 0 Å². The Morgan fingerprint density at radius 3 is 2.75 bits per heavy atom. The zero-order chi connectivity index (χ0) is 14.3. The summed E-state index contributed by atoms with van der Waals surface area (Å²) in [6.45, 7) is 0. The third-order valence-corrected chi connectivity index (χ3v) is 3.46. The second-order valence-electron chi connectivity index (χ2n) is 4.13. The molecular formula is C14H7ClFNO2S. The molecule has 0 bridgehead atoms. The molecule has 0 N–H and O–H groups in total. The molecule has 0 saturated carbocycles. The van der Waals surface area contributed by atoms with Gasteiger partial charge < -0.3 is 4.42 Å². The van der Waals surface area contributed by atoms with Gasteiger partial charge in [-0.2, -0.15) is 0 Å². The van der Waals surface area contributed by atoms with Crippen LogP contribution in [0.25, 0.3) is 16.7 Å². The Morgan fingerprint density at radius 1 is 1.20 bits per heavy atom. The number of hydrogen-bond acceptors (Lipinski definition) is 3. The summed E-state index contributed by atoms with van der Waals surface area (Å²) in [5.74, 6) is -1.09. The maximum absolute atomic E-state index is 13.3. The van der Waals surface area contributed by atoms with Crippen LogP contribution in [-0.4, -0.2) is 4.57 Å². The molecule has 100 valence electrons. The zero-order valence-electron chi connectivity index (χ0n) is 9.97. The van der Waals surface area contributed by atoms with E-state index in [0.29, 0.717) is 16.1 Å². The van der Waals surface area contributed by atoms with Crippen molar-refractivity contribution in [3.05, 3.63) is 68.5 Å². The Balaban J connectivity index is 2.42. The van der Waals surface area contributed by atoms with Crippen molar-refractivity contribution in [3.63, 3.8) is 0 Å². The topological polar surface area (TPSA) is 35.1 Å². The highest BCUT2D eigenvalue weighted by molar-refractivity contribution is 7.71. The van der Waals surface area contributed by atoms with E-state index in [1.165, 1.54) is 22.8 Å². The number of benzene rings is 2. The van der Waals surface area contributed by atoms with E-state index < -0.39 is 11.6 Å². The van der Waals surface area contributed by atoms with Crippen LogP contribution >= 0.6 is 23.8 Å². The first-order valence-electron chi connectivity index (χ1n) is 5.67. The Kier molecular flexibility index (Phi) is 3.16. The molecule has 1 heterocycles. The molecule has 0 saturated heterocycles. The molecule has 3 rings (SSSR count). The lowest BCUT2D eigenvalue weighted by atomic mass is 10.2. The predicted molar refractivity (Wildman–Crippen MR) is 77.6 cm³/mol. The van der Waals surface area contributed by atoms with Crippen molar-refractivity contribution in [2.24, 2.45) is 0 Å². The molecular weight excluding hydrogens is 301 g/mol. The summed E-state index contributed by atoms with van der Waals surface area (Å²) >= 11 is 11.2. The third kappa shape index (κ3) is 2.15. The molecule has 0 aliphatic rings. The van der Waals surface area contributed by atoms with Gasteiger partial charge in [0.1, 0.15) is 16.0 Å². The van der Waals surface area contributed by atoms with Crippen molar-refractivity contribution in [2.45, 2.75) is 0 Å². The van der Waals surface area contributed by atoms with Crippen LogP contribution < -0.4 is 5.76 Å². The van der Waals surface area contributed by atoms with Crippen molar-refractivity contribution in [3.8, 4) is 5.69 Å². The van der Waals surface area contributed by atoms with E-state index in [9.17, 15) is 9.18 Å². The van der Waals surface area contributed by atoms with E-state index in [1.807, 2.05) is 0 Å². The molecule has 0 aliphatic carbocycles. The zero-order valence-corrected chi connectivity index (χ0v) is 11.5. The van der Waals surface area contributed by atoms with E-state index in [-0.39, 0.29) is 10.2 Å². The quantitative estimate of drug-likeness (QED) is 0.635. The minimum atomic E-state index is -0.642. The Morgan fingerprint density at radius 2 is 2.00 bits per heavy atom. The fraction of sp³-hybridized carbons (Fsp3) is 0. The molecule has 3 nitrogen and oxygen atoms in total. The molecule has 0 atom stereocenters. The minimum Gasteiger partial charge on any atom is -0.409 e. The summed E-state index contributed by atoms with van der Waals surface area (Å²) in [7, 11) is 0. The lowest BCUT2D eigenvalue weighted by Crippen LogP contribution is -2.18. The first-order valence-corrected chi connectivity index (χ1v) is 6.46. The average Bonchev–Trinajstić information content (AvgIpc) is 2.40. The highest BCUT2D eigenvalue weighted by Gasteiger charge is 2.10. The van der Waals surface area contributed by atoms with E-state index in [1.54, 1.807) is 24.3 Å². The van der Waals surface area contributed by atoms with Crippen LogP contribution in [0.15, 0.2) is 51.7 Å². The molecule has 0 radical (unpaired) electrons. The molecule has 20 heavy (non-hydrogen) atoms. The molecule has 6 heteroatoms. The number of hydrogen-bond donors (Lipinski definition) is 0. The summed E-state index contributed by atoms with van der Waals surface area (Å²) in [5, 5.41) is 0.822. The molecule has 0 aliphatic heterocycles. The van der Waals surface area contributed by atoms with Crippen molar-refractivity contribution >= 4 is 34.8 Å². The van der Waals surface area contributed by atoms with Gasteiger partial charge in [-0.1, -0.05) is 29.9 Å². The second-order valence-corrected chi connectivity index (χ2v) is 4.95. The maximum atomic E-state index is 13.3. The molecule has 3 aromatic rings. The van der Waals surface area contributed by atoms with E-state index in [0.717, 1.165) is 0 Å². The van der Waals surface area contributed by atoms with Crippen LogP contribution in [0.2, 0.25) is 5.02 Å². The lowest BCUT2D eigenvalue weighted by Gasteiger charge is -2.07. The fourth-order valence-electron chi connectivity index (χ4n) is 1.94. The van der Waals surface area contributed by atoms with Crippen LogP contribution in [0.1, 0.15) is 0 Å². The van der Waals surface area contributed by atoms with Crippen molar-refractivity contribution < 1.29 is 8.81 Å². The lowest BCUT2D eigenvalue weighted by molar-refractivity contribution is 0.506. The smallest absolute Gasteiger partial charge is 0.409 e. The van der Waals surface area contributed by atoms with Gasteiger partial charge in [-0.05, 0) is 36.4 Å². The number of aromatic nitrogens is 1. The van der Waals surface area contributed by atoms with Gasteiger partial charge in [-0.3, -0.25) is 0 Å². The number of rotatable bonds is 1. The number of halogens is 2. The molecule has 0 spiro atoms. The summed E-state index contributed by atoms with van der Waals surface area (Å²) in [6.07, 6.45) is 0. The van der Waals surface area contributed by atoms with E-state index >= 15 is 0 Å². The Bertz CT molecular complexity index is 932. The average molecular weight is 308 g/mol. The highest BCUT2D eigenvalue weighted by Crippen LogP contribution is 2.19. The summed E-state index contributed by atoms with van der Waals surface area (Å²) in [5.41, 5.74) is 0.724. The highest BCUT2D eigenvalue weighted by atomic mass is 35.5. The fourth-order valence-corrected chi connectivity index (χ4v) is 2.46.